The van der Waals surface area contributed by atoms with Gasteiger partial charge in [0.1, 0.15) is 0 Å². The number of hydrogen-bond donors (Lipinski definition) is 1. The summed E-state index contributed by atoms with van der Waals surface area (Å²) in [6, 6.07) is 13.9. The number of nitrogens with two attached hydrogens (primary N) is 1. The van der Waals surface area contributed by atoms with E-state index in [4.69, 9.17) is 17.3 Å². The highest BCUT2D eigenvalue weighted by atomic mass is 79.9. The number of anilines is 1. The van der Waals surface area contributed by atoms with Crippen molar-refractivity contribution >= 4 is 33.2 Å². The summed E-state index contributed by atoms with van der Waals surface area (Å²) in [4.78, 5) is 2.21. The molecule has 0 heterocycles. The van der Waals surface area contributed by atoms with E-state index in [9.17, 15) is 0 Å². The molecule has 100 valence electrons. The third-order valence-corrected chi connectivity index (χ3v) is 4.28. The molecule has 4 heteroatoms. The fraction of sp³-hybridized carbons (Fsp3) is 0.200. The molecule has 19 heavy (non-hydrogen) atoms. The van der Waals surface area contributed by atoms with Crippen LogP contribution in [0.1, 0.15) is 11.1 Å². The molecule has 0 unspecified atom stereocenters. The lowest BCUT2D eigenvalue weighted by Gasteiger charge is -2.19. The van der Waals surface area contributed by atoms with Gasteiger partial charge in [-0.05, 0) is 46.2 Å². The van der Waals surface area contributed by atoms with Gasteiger partial charge in [-0.3, -0.25) is 4.90 Å². The highest BCUT2D eigenvalue weighted by Gasteiger charge is 2.08. The van der Waals surface area contributed by atoms with Crippen molar-refractivity contribution in [2.45, 2.75) is 13.1 Å². The van der Waals surface area contributed by atoms with Crippen LogP contribution in [0.2, 0.25) is 5.02 Å². The van der Waals surface area contributed by atoms with Gasteiger partial charge < -0.3 is 5.73 Å². The minimum absolute atomic E-state index is 0.767. The van der Waals surface area contributed by atoms with Crippen molar-refractivity contribution in [1.29, 1.82) is 0 Å². The molecule has 0 spiro atoms. The summed E-state index contributed by atoms with van der Waals surface area (Å²) in [5.41, 5.74) is 8.96. The first-order valence-electron chi connectivity index (χ1n) is 6.02. The first-order chi connectivity index (χ1) is 9.08. The van der Waals surface area contributed by atoms with Crippen molar-refractivity contribution in [3.05, 3.63) is 63.1 Å². The average Bonchev–Trinajstić information content (AvgIpc) is 2.38. The van der Waals surface area contributed by atoms with Crippen molar-refractivity contribution in [1.82, 2.24) is 4.90 Å². The number of hydrogen-bond acceptors (Lipinski definition) is 2. The van der Waals surface area contributed by atoms with Crippen LogP contribution in [0.5, 0.6) is 0 Å². The van der Waals surface area contributed by atoms with Crippen LogP contribution in [0, 0.1) is 0 Å². The average molecular weight is 340 g/mol. The van der Waals surface area contributed by atoms with E-state index in [0.717, 1.165) is 33.8 Å². The molecule has 0 saturated heterocycles. The van der Waals surface area contributed by atoms with Gasteiger partial charge in [0.15, 0.2) is 0 Å². The van der Waals surface area contributed by atoms with Gasteiger partial charge in [0, 0.05) is 28.3 Å². The van der Waals surface area contributed by atoms with Crippen LogP contribution in [0.25, 0.3) is 0 Å². The molecule has 0 amide bonds. The fourth-order valence-electron chi connectivity index (χ4n) is 1.99. The standard InChI is InChI=1S/C15H16BrClN2/c1-19(9-11-5-2-3-7-13(11)17)10-12-6-4-8-14(18)15(12)16/h2-8H,9-10,18H2,1H3. The molecule has 2 nitrogen and oxygen atoms in total. The summed E-state index contributed by atoms with van der Waals surface area (Å²) >= 11 is 9.70. The number of nitrogens with zero attached hydrogens (tertiary/aromatic N) is 1. The topological polar surface area (TPSA) is 29.3 Å². The van der Waals surface area contributed by atoms with Crippen LogP contribution in [0.15, 0.2) is 46.9 Å². The van der Waals surface area contributed by atoms with Crippen LogP contribution >= 0.6 is 27.5 Å². The first-order valence-corrected chi connectivity index (χ1v) is 7.20. The molecule has 0 aromatic heterocycles. The van der Waals surface area contributed by atoms with E-state index >= 15 is 0 Å². The Morgan fingerprint density at radius 3 is 2.42 bits per heavy atom. The van der Waals surface area contributed by atoms with Gasteiger partial charge in [0.25, 0.3) is 0 Å². The minimum atomic E-state index is 0.767. The van der Waals surface area contributed by atoms with Gasteiger partial charge in [0.05, 0.1) is 0 Å². The summed E-state index contributed by atoms with van der Waals surface area (Å²) in [6.07, 6.45) is 0. The number of benzene rings is 2. The summed E-state index contributed by atoms with van der Waals surface area (Å²) in [5.74, 6) is 0. The maximum absolute atomic E-state index is 6.17. The van der Waals surface area contributed by atoms with Gasteiger partial charge >= 0.3 is 0 Å². The van der Waals surface area contributed by atoms with Crippen LogP contribution in [0.3, 0.4) is 0 Å². The molecule has 0 radical (unpaired) electrons. The lowest BCUT2D eigenvalue weighted by atomic mass is 10.1. The van der Waals surface area contributed by atoms with E-state index in [1.165, 1.54) is 5.56 Å². The Labute approximate surface area is 127 Å². The molecule has 2 aromatic carbocycles. The lowest BCUT2D eigenvalue weighted by molar-refractivity contribution is 0.318. The van der Waals surface area contributed by atoms with Crippen LogP contribution < -0.4 is 5.73 Å². The third-order valence-electron chi connectivity index (χ3n) is 2.95. The summed E-state index contributed by atoms with van der Waals surface area (Å²) in [5, 5.41) is 0.806. The molecular formula is C15H16BrClN2. The van der Waals surface area contributed by atoms with Gasteiger partial charge in [-0.1, -0.05) is 41.9 Å². The lowest BCUT2D eigenvalue weighted by Crippen LogP contribution is -2.18. The molecule has 2 aromatic rings. The van der Waals surface area contributed by atoms with E-state index in [-0.39, 0.29) is 0 Å². The smallest absolute Gasteiger partial charge is 0.0461 e. The predicted octanol–water partition coefficient (Wildman–Crippen LogP) is 4.32. The monoisotopic (exact) mass is 338 g/mol. The second-order valence-electron chi connectivity index (χ2n) is 4.58. The largest absolute Gasteiger partial charge is 0.398 e. The van der Waals surface area contributed by atoms with Crippen LogP contribution in [-0.2, 0) is 13.1 Å². The summed E-state index contributed by atoms with van der Waals surface area (Å²) < 4.78 is 0.973. The van der Waals surface area contributed by atoms with Gasteiger partial charge in [-0.2, -0.15) is 0 Å². The zero-order chi connectivity index (χ0) is 13.8. The van der Waals surface area contributed by atoms with E-state index < -0.39 is 0 Å². The Bertz CT molecular complexity index is 572. The normalized spacial score (nSPS) is 10.9. The maximum Gasteiger partial charge on any atom is 0.0461 e. The SMILES string of the molecule is CN(Cc1ccccc1Cl)Cc1cccc(N)c1Br. The molecule has 0 atom stereocenters. The molecule has 0 aliphatic carbocycles. The quantitative estimate of drug-likeness (QED) is 0.841. The van der Waals surface area contributed by atoms with Gasteiger partial charge in [-0.25, -0.2) is 0 Å². The molecule has 0 saturated carbocycles. The summed E-state index contributed by atoms with van der Waals surface area (Å²) in [7, 11) is 2.07. The Balaban J connectivity index is 2.08. The molecular weight excluding hydrogens is 324 g/mol. The molecule has 0 aliphatic heterocycles. The van der Waals surface area contributed by atoms with E-state index in [1.54, 1.807) is 0 Å². The van der Waals surface area contributed by atoms with Crippen molar-refractivity contribution in [3.8, 4) is 0 Å². The van der Waals surface area contributed by atoms with E-state index in [2.05, 4.69) is 33.9 Å². The Morgan fingerprint density at radius 2 is 1.68 bits per heavy atom. The third kappa shape index (κ3) is 3.72. The molecule has 0 aliphatic rings. The number of halogens is 2. The van der Waals surface area contributed by atoms with Crippen LogP contribution in [-0.4, -0.2) is 11.9 Å². The zero-order valence-electron chi connectivity index (χ0n) is 10.7. The molecule has 2 rings (SSSR count). The predicted molar refractivity (Wildman–Crippen MR) is 85.2 cm³/mol. The maximum atomic E-state index is 6.17. The van der Waals surface area contributed by atoms with Crippen LogP contribution in [0.4, 0.5) is 5.69 Å². The first kappa shape index (κ1) is 14.4. The Hall–Kier alpha value is -1.03. The molecule has 2 N–H and O–H groups in total. The molecule has 0 bridgehead atoms. The number of nitrogen functional groups attached to an aromatic ring is 1. The van der Waals surface area contributed by atoms with Crippen molar-refractivity contribution in [3.63, 3.8) is 0 Å². The van der Waals surface area contributed by atoms with E-state index in [1.807, 2.05) is 36.4 Å². The summed E-state index contributed by atoms with van der Waals surface area (Å²) in [6.45, 7) is 1.62. The molecule has 0 fully saturated rings. The number of rotatable bonds is 4. The second-order valence-corrected chi connectivity index (χ2v) is 5.78. The van der Waals surface area contributed by atoms with E-state index in [0.29, 0.717) is 0 Å². The highest BCUT2D eigenvalue weighted by molar-refractivity contribution is 9.10. The van der Waals surface area contributed by atoms with Crippen molar-refractivity contribution in [2.24, 2.45) is 0 Å². The van der Waals surface area contributed by atoms with Crippen molar-refractivity contribution in [2.75, 3.05) is 12.8 Å². The van der Waals surface area contributed by atoms with Gasteiger partial charge in [-0.15, -0.1) is 0 Å². The zero-order valence-corrected chi connectivity index (χ0v) is 13.1. The van der Waals surface area contributed by atoms with Gasteiger partial charge in [0.2, 0.25) is 0 Å². The Morgan fingerprint density at radius 1 is 1.05 bits per heavy atom. The fourth-order valence-corrected chi connectivity index (χ4v) is 2.57. The highest BCUT2D eigenvalue weighted by Crippen LogP contribution is 2.25. The van der Waals surface area contributed by atoms with Crippen molar-refractivity contribution < 1.29 is 0 Å². The Kier molecular flexibility index (Phi) is 4.86. The minimum Gasteiger partial charge on any atom is -0.398 e. The second kappa shape index (κ2) is 6.42.